The average molecular weight is 537 g/mol. The van der Waals surface area contributed by atoms with Crippen LogP contribution in [0.3, 0.4) is 0 Å². The highest BCUT2D eigenvalue weighted by Gasteiger charge is 2.41. The van der Waals surface area contributed by atoms with Crippen LogP contribution in [0.2, 0.25) is 0 Å². The van der Waals surface area contributed by atoms with E-state index in [0.717, 1.165) is 16.7 Å². The molecule has 1 atom stereocenters. The maximum atomic E-state index is 12.5. The minimum absolute atomic E-state index is 0.169. The van der Waals surface area contributed by atoms with E-state index < -0.39 is 29.1 Å². The Labute approximate surface area is 181 Å². The third kappa shape index (κ3) is 4.95. The Morgan fingerprint density at radius 2 is 1.79 bits per heavy atom. The molecule has 2 rings (SSSR count). The maximum absolute atomic E-state index is 12.5. The number of carbonyl (C=O) groups excluding carboxylic acids is 4. The van der Waals surface area contributed by atoms with Gasteiger partial charge in [0.1, 0.15) is 11.8 Å². The van der Waals surface area contributed by atoms with Gasteiger partial charge >= 0.3 is 11.9 Å². The van der Waals surface area contributed by atoms with Gasteiger partial charge < -0.3 is 14.2 Å². The molecule has 1 saturated heterocycles. The van der Waals surface area contributed by atoms with E-state index >= 15 is 0 Å². The lowest BCUT2D eigenvalue weighted by Gasteiger charge is -2.18. The second kappa shape index (κ2) is 9.57. The number of rotatable bonds is 6. The summed E-state index contributed by atoms with van der Waals surface area (Å²) in [5.41, 5.74) is 0.598. The molecule has 0 bridgehead atoms. The molecule has 0 N–H and O–H groups in total. The van der Waals surface area contributed by atoms with E-state index in [1.807, 2.05) is 0 Å². The van der Waals surface area contributed by atoms with Gasteiger partial charge in [0.05, 0.1) is 28.1 Å². The van der Waals surface area contributed by atoms with Crippen LogP contribution in [0.1, 0.15) is 12.5 Å². The molecule has 1 aromatic carbocycles. The van der Waals surface area contributed by atoms with Gasteiger partial charge in [0, 0.05) is 0 Å². The molecular weight excluding hydrogens is 522 g/mol. The summed E-state index contributed by atoms with van der Waals surface area (Å²) >= 11 is 7.42. The van der Waals surface area contributed by atoms with Crippen molar-refractivity contribution in [2.24, 2.45) is 0 Å². The Morgan fingerprint density at radius 3 is 2.32 bits per heavy atom. The first-order valence-electron chi connectivity index (χ1n) is 7.73. The normalized spacial score (nSPS) is 16.3. The second-order valence-electron chi connectivity index (χ2n) is 5.43. The van der Waals surface area contributed by atoms with Crippen LogP contribution >= 0.6 is 43.6 Å². The third-order valence-electron chi connectivity index (χ3n) is 3.63. The number of hydrogen-bond acceptors (Lipinski definition) is 8. The molecule has 0 spiro atoms. The van der Waals surface area contributed by atoms with Crippen molar-refractivity contribution in [3.63, 3.8) is 0 Å². The topological polar surface area (TPSA) is 99.2 Å². The second-order valence-corrected chi connectivity index (χ2v) is 8.13. The molecule has 2 amide bonds. The number of benzene rings is 1. The minimum atomic E-state index is -1.02. The summed E-state index contributed by atoms with van der Waals surface area (Å²) in [5.74, 6) is -1.40. The Hall–Kier alpha value is -1.85. The summed E-state index contributed by atoms with van der Waals surface area (Å²) in [5, 5.41) is -0.551. The first kappa shape index (κ1) is 22.4. The summed E-state index contributed by atoms with van der Waals surface area (Å²) in [6, 6.07) is 2.31. The lowest BCUT2D eigenvalue weighted by molar-refractivity contribution is -0.148. The van der Waals surface area contributed by atoms with Gasteiger partial charge in [-0.25, -0.2) is 9.59 Å². The van der Waals surface area contributed by atoms with Crippen LogP contribution < -0.4 is 4.74 Å². The third-order valence-corrected chi connectivity index (χ3v) is 5.70. The Bertz CT molecular complexity index is 848. The standard InChI is InChI=1S/C17H15Br2NO7S/c1-8(16(23)26-3)20-15(22)12(28-17(20)24)6-9-4-10(18)14(11(19)5-9)27-7-13(21)25-2/h4-6,8H,7H2,1-3H3/b12-6+/t8-/m0/s1. The molecule has 8 nitrogen and oxygen atoms in total. The van der Waals surface area contributed by atoms with Gasteiger partial charge in [-0.3, -0.25) is 14.5 Å². The fourth-order valence-electron chi connectivity index (χ4n) is 2.23. The molecule has 0 unspecified atom stereocenters. The van der Waals surface area contributed by atoms with Crippen molar-refractivity contribution in [1.82, 2.24) is 4.90 Å². The van der Waals surface area contributed by atoms with Crippen LogP contribution in [0.15, 0.2) is 26.0 Å². The summed E-state index contributed by atoms with van der Waals surface area (Å²) in [6.07, 6.45) is 1.52. The van der Waals surface area contributed by atoms with Crippen molar-refractivity contribution in [3.8, 4) is 5.75 Å². The molecule has 0 saturated carbocycles. The zero-order valence-corrected chi connectivity index (χ0v) is 19.0. The maximum Gasteiger partial charge on any atom is 0.343 e. The highest BCUT2D eigenvalue weighted by Crippen LogP contribution is 2.38. The predicted octanol–water partition coefficient (Wildman–Crippen LogP) is 3.36. The van der Waals surface area contributed by atoms with Gasteiger partial charge in [0.25, 0.3) is 11.1 Å². The number of esters is 2. The first-order valence-corrected chi connectivity index (χ1v) is 10.1. The quantitative estimate of drug-likeness (QED) is 0.403. The van der Waals surface area contributed by atoms with E-state index in [4.69, 9.17) is 4.74 Å². The van der Waals surface area contributed by atoms with Crippen molar-refractivity contribution in [2.75, 3.05) is 20.8 Å². The minimum Gasteiger partial charge on any atom is -0.480 e. The summed E-state index contributed by atoms with van der Waals surface area (Å²) in [4.78, 5) is 48.6. The van der Waals surface area contributed by atoms with Crippen molar-refractivity contribution >= 4 is 72.8 Å². The number of imide groups is 1. The highest BCUT2D eigenvalue weighted by atomic mass is 79.9. The van der Waals surface area contributed by atoms with Crippen molar-refractivity contribution in [2.45, 2.75) is 13.0 Å². The fourth-order valence-corrected chi connectivity index (χ4v) is 4.59. The molecule has 0 aliphatic carbocycles. The predicted molar refractivity (Wildman–Crippen MR) is 109 cm³/mol. The van der Waals surface area contributed by atoms with Crippen LogP contribution in [0.4, 0.5) is 4.79 Å². The molecule has 1 aliphatic heterocycles. The van der Waals surface area contributed by atoms with E-state index in [-0.39, 0.29) is 11.5 Å². The SMILES string of the molecule is COC(=O)COc1c(Br)cc(/C=C2/SC(=O)N([C@@H](C)C(=O)OC)C2=O)cc1Br. The summed E-state index contributed by atoms with van der Waals surface area (Å²) in [6.45, 7) is 1.16. The largest absolute Gasteiger partial charge is 0.480 e. The molecular formula is C17H15Br2NO7S. The van der Waals surface area contributed by atoms with Crippen LogP contribution in [0.25, 0.3) is 6.08 Å². The van der Waals surface area contributed by atoms with Crippen LogP contribution in [-0.4, -0.2) is 54.9 Å². The fraction of sp³-hybridized carbons (Fsp3) is 0.294. The molecule has 150 valence electrons. The number of methoxy groups -OCH3 is 2. The zero-order chi connectivity index (χ0) is 21.0. The molecule has 1 fully saturated rings. The van der Waals surface area contributed by atoms with E-state index in [0.29, 0.717) is 20.3 Å². The van der Waals surface area contributed by atoms with E-state index in [1.54, 1.807) is 12.1 Å². The van der Waals surface area contributed by atoms with Gasteiger partial charge in [0.2, 0.25) is 0 Å². The number of thioether (sulfide) groups is 1. The zero-order valence-electron chi connectivity index (χ0n) is 15.0. The molecule has 1 heterocycles. The van der Waals surface area contributed by atoms with Crippen molar-refractivity contribution in [3.05, 3.63) is 31.5 Å². The lowest BCUT2D eigenvalue weighted by atomic mass is 10.2. The van der Waals surface area contributed by atoms with Crippen LogP contribution in [0, 0.1) is 0 Å². The van der Waals surface area contributed by atoms with Crippen molar-refractivity contribution in [1.29, 1.82) is 0 Å². The van der Waals surface area contributed by atoms with Gasteiger partial charge in [-0.2, -0.15) is 0 Å². The molecule has 11 heteroatoms. The van der Waals surface area contributed by atoms with Crippen molar-refractivity contribution < 1.29 is 33.4 Å². The Balaban J connectivity index is 2.26. The molecule has 28 heavy (non-hydrogen) atoms. The molecule has 0 radical (unpaired) electrons. The molecule has 1 aromatic rings. The van der Waals surface area contributed by atoms with Gasteiger partial charge in [-0.1, -0.05) is 0 Å². The number of carbonyl (C=O) groups is 4. The number of ether oxygens (including phenoxy) is 3. The monoisotopic (exact) mass is 535 g/mol. The summed E-state index contributed by atoms with van der Waals surface area (Å²) < 4.78 is 15.6. The Morgan fingerprint density at radius 1 is 1.18 bits per heavy atom. The highest BCUT2D eigenvalue weighted by molar-refractivity contribution is 9.11. The molecule has 0 aromatic heterocycles. The van der Waals surface area contributed by atoms with Crippen LogP contribution in [-0.2, 0) is 23.9 Å². The van der Waals surface area contributed by atoms with E-state index in [1.165, 1.54) is 27.2 Å². The number of hydrogen-bond donors (Lipinski definition) is 0. The number of nitrogens with zero attached hydrogens (tertiary/aromatic N) is 1. The lowest BCUT2D eigenvalue weighted by Crippen LogP contribution is -2.42. The van der Waals surface area contributed by atoms with E-state index in [9.17, 15) is 19.2 Å². The average Bonchev–Trinajstić information content (AvgIpc) is 2.92. The smallest absolute Gasteiger partial charge is 0.343 e. The first-order chi connectivity index (χ1) is 13.2. The van der Waals surface area contributed by atoms with Gasteiger partial charge in [0.15, 0.2) is 6.61 Å². The number of amides is 2. The van der Waals surface area contributed by atoms with Crippen LogP contribution in [0.5, 0.6) is 5.75 Å². The Kier molecular flexibility index (Phi) is 7.67. The molecule has 1 aliphatic rings. The summed E-state index contributed by atoms with van der Waals surface area (Å²) in [7, 11) is 2.44. The van der Waals surface area contributed by atoms with Gasteiger partial charge in [-0.15, -0.1) is 0 Å². The van der Waals surface area contributed by atoms with Gasteiger partial charge in [-0.05, 0) is 74.3 Å². The number of halogens is 2. The van der Waals surface area contributed by atoms with E-state index in [2.05, 4.69) is 41.3 Å².